The van der Waals surface area contributed by atoms with Gasteiger partial charge >= 0.3 is 12.5 Å². The fraction of sp³-hybridized carbons (Fsp3) is 0.333. The van der Waals surface area contributed by atoms with Gasteiger partial charge in [0.05, 0.1) is 5.56 Å². The Hall–Kier alpha value is -1.32. The molecule has 1 aromatic heterocycles. The van der Waals surface area contributed by atoms with Crippen molar-refractivity contribution >= 4 is 22.2 Å². The Morgan fingerprint density at radius 1 is 1.26 bits per heavy atom. The molecule has 1 heterocycles. The summed E-state index contributed by atoms with van der Waals surface area (Å²) in [4.78, 5) is 13.5. The van der Waals surface area contributed by atoms with Crippen LogP contribution in [-0.2, 0) is 11.5 Å². The van der Waals surface area contributed by atoms with Gasteiger partial charge in [-0.05, 0) is 0 Å². The predicted molar refractivity (Wildman–Crippen MR) is 53.9 cm³/mol. The van der Waals surface area contributed by atoms with E-state index < -0.39 is 40.4 Å². The summed E-state index contributed by atoms with van der Waals surface area (Å²) in [7, 11) is 0. The van der Waals surface area contributed by atoms with Crippen LogP contribution in [0, 0.1) is 0 Å². The number of carbonyl (C=O) groups excluding carboxylic acids is 1. The Kier molecular flexibility index (Phi) is 4.43. The molecule has 0 aliphatic heterocycles. The van der Waals surface area contributed by atoms with Crippen LogP contribution in [0.1, 0.15) is 21.6 Å². The number of hydrogen-bond donors (Lipinski definition) is 0. The van der Waals surface area contributed by atoms with Crippen molar-refractivity contribution in [3.63, 3.8) is 0 Å². The lowest BCUT2D eigenvalue weighted by atomic mass is 10.1. The second-order valence-electron chi connectivity index (χ2n) is 3.17. The lowest BCUT2D eigenvalue weighted by Gasteiger charge is -2.17. The molecule has 1 rings (SSSR count). The lowest BCUT2D eigenvalue weighted by molar-refractivity contribution is -0.275. The normalized spacial score (nSPS) is 12.4. The first kappa shape index (κ1) is 15.7. The first-order chi connectivity index (χ1) is 8.60. The number of ether oxygens (including phenoxy) is 1. The van der Waals surface area contributed by atoms with Crippen molar-refractivity contribution in [3.8, 4) is 5.75 Å². The van der Waals surface area contributed by atoms with Crippen molar-refractivity contribution in [3.05, 3.63) is 23.0 Å². The van der Waals surface area contributed by atoms with Crippen LogP contribution in [-0.4, -0.2) is 17.6 Å². The zero-order valence-corrected chi connectivity index (χ0v) is 10.4. The van der Waals surface area contributed by atoms with E-state index in [1.54, 1.807) is 0 Å². The first-order valence-corrected chi connectivity index (χ1v) is 5.58. The van der Waals surface area contributed by atoms with E-state index in [9.17, 15) is 31.1 Å². The van der Waals surface area contributed by atoms with E-state index >= 15 is 0 Å². The summed E-state index contributed by atoms with van der Waals surface area (Å²) >= 11 is 2.62. The Labute approximate surface area is 110 Å². The summed E-state index contributed by atoms with van der Waals surface area (Å²) in [5.41, 5.74) is -3.16. The van der Waals surface area contributed by atoms with Gasteiger partial charge in [-0.1, -0.05) is 15.9 Å². The number of halogens is 7. The lowest BCUT2D eigenvalue weighted by Crippen LogP contribution is -2.21. The minimum atomic E-state index is -5.22. The standard InChI is InChI=1S/C9H4BrF6NO2/c10-1-5-6(19-9(14,15)16)4(3-18)2-17-7(5)8(11,12)13/h2-3H,1H2. The van der Waals surface area contributed by atoms with Gasteiger partial charge in [-0.15, -0.1) is 13.2 Å². The van der Waals surface area contributed by atoms with Crippen molar-refractivity contribution in [1.29, 1.82) is 0 Å². The third-order valence-corrected chi connectivity index (χ3v) is 2.46. The van der Waals surface area contributed by atoms with Gasteiger partial charge in [-0.2, -0.15) is 13.2 Å². The van der Waals surface area contributed by atoms with Gasteiger partial charge in [-0.3, -0.25) is 9.78 Å². The van der Waals surface area contributed by atoms with Crippen LogP contribution >= 0.6 is 15.9 Å². The van der Waals surface area contributed by atoms with Gasteiger partial charge in [0.2, 0.25) is 0 Å². The molecule has 0 aliphatic carbocycles. The Morgan fingerprint density at radius 2 is 1.84 bits per heavy atom. The van der Waals surface area contributed by atoms with E-state index in [2.05, 4.69) is 25.7 Å². The number of rotatable bonds is 3. The summed E-state index contributed by atoms with van der Waals surface area (Å²) < 4.78 is 77.6. The van der Waals surface area contributed by atoms with Gasteiger partial charge in [0, 0.05) is 17.1 Å². The van der Waals surface area contributed by atoms with E-state index in [0.29, 0.717) is 6.20 Å². The van der Waals surface area contributed by atoms with E-state index in [0.717, 1.165) is 0 Å². The minimum absolute atomic E-state index is 0.0691. The highest BCUT2D eigenvalue weighted by Gasteiger charge is 2.40. The van der Waals surface area contributed by atoms with E-state index in [1.165, 1.54) is 0 Å². The third-order valence-electron chi connectivity index (χ3n) is 1.90. The van der Waals surface area contributed by atoms with E-state index in [4.69, 9.17) is 0 Å². The molecule has 0 unspecified atom stereocenters. The molecule has 106 valence electrons. The van der Waals surface area contributed by atoms with Gasteiger partial charge < -0.3 is 4.74 Å². The van der Waals surface area contributed by atoms with Gasteiger partial charge in [0.1, 0.15) is 5.75 Å². The van der Waals surface area contributed by atoms with E-state index in [-0.39, 0.29) is 6.29 Å². The molecule has 0 spiro atoms. The highest BCUT2D eigenvalue weighted by molar-refractivity contribution is 9.08. The Balaban J connectivity index is 3.51. The molecule has 0 amide bonds. The SMILES string of the molecule is O=Cc1cnc(C(F)(F)F)c(CBr)c1OC(F)(F)F. The van der Waals surface area contributed by atoms with Gasteiger partial charge in [0.15, 0.2) is 12.0 Å². The highest BCUT2D eigenvalue weighted by Crippen LogP contribution is 2.38. The number of nitrogens with zero attached hydrogens (tertiary/aromatic N) is 1. The van der Waals surface area contributed by atoms with Crippen molar-refractivity contribution in [2.24, 2.45) is 0 Å². The molecule has 0 radical (unpaired) electrons. The number of hydrogen-bond acceptors (Lipinski definition) is 3. The third kappa shape index (κ3) is 3.82. The smallest absolute Gasteiger partial charge is 0.405 e. The molecule has 0 saturated carbocycles. The van der Waals surface area contributed by atoms with Gasteiger partial charge in [0.25, 0.3) is 0 Å². The summed E-state index contributed by atoms with van der Waals surface area (Å²) in [6, 6.07) is 0. The van der Waals surface area contributed by atoms with Crippen molar-refractivity contribution in [2.75, 3.05) is 0 Å². The average Bonchev–Trinajstić information content (AvgIpc) is 2.25. The molecular formula is C9H4BrF6NO2. The van der Waals surface area contributed by atoms with Crippen LogP contribution in [0.3, 0.4) is 0 Å². The maximum Gasteiger partial charge on any atom is 0.573 e. The Bertz CT molecular complexity index is 485. The van der Waals surface area contributed by atoms with Crippen molar-refractivity contribution in [2.45, 2.75) is 17.9 Å². The fourth-order valence-electron chi connectivity index (χ4n) is 1.24. The fourth-order valence-corrected chi connectivity index (χ4v) is 1.76. The first-order valence-electron chi connectivity index (χ1n) is 4.46. The summed E-state index contributed by atoms with van der Waals surface area (Å²) in [6.45, 7) is 0. The largest absolute Gasteiger partial charge is 0.573 e. The average molecular weight is 352 g/mol. The van der Waals surface area contributed by atoms with Crippen molar-refractivity contribution in [1.82, 2.24) is 4.98 Å². The predicted octanol–water partition coefficient (Wildman–Crippen LogP) is 3.71. The van der Waals surface area contributed by atoms with Crippen LogP contribution in [0.5, 0.6) is 5.75 Å². The van der Waals surface area contributed by atoms with E-state index in [1.807, 2.05) is 0 Å². The van der Waals surface area contributed by atoms with Crippen LogP contribution in [0.4, 0.5) is 26.3 Å². The minimum Gasteiger partial charge on any atom is -0.405 e. The molecular weight excluding hydrogens is 348 g/mol. The second kappa shape index (κ2) is 5.35. The Morgan fingerprint density at radius 3 is 2.21 bits per heavy atom. The second-order valence-corrected chi connectivity index (χ2v) is 3.73. The number of carbonyl (C=O) groups is 1. The molecule has 10 heteroatoms. The van der Waals surface area contributed by atoms with Gasteiger partial charge in [-0.25, -0.2) is 0 Å². The summed E-state index contributed by atoms with van der Waals surface area (Å²) in [6.07, 6.45) is -9.88. The quantitative estimate of drug-likeness (QED) is 0.473. The number of alkyl halides is 7. The zero-order valence-electron chi connectivity index (χ0n) is 8.77. The van der Waals surface area contributed by atoms with Crippen LogP contribution in [0.15, 0.2) is 6.20 Å². The molecule has 19 heavy (non-hydrogen) atoms. The molecule has 0 N–H and O–H groups in total. The number of aldehydes is 1. The topological polar surface area (TPSA) is 39.2 Å². The maximum absolute atomic E-state index is 12.6. The van der Waals surface area contributed by atoms with Crippen LogP contribution in [0.2, 0.25) is 0 Å². The monoisotopic (exact) mass is 351 g/mol. The molecule has 0 fully saturated rings. The molecule has 3 nitrogen and oxygen atoms in total. The number of aromatic nitrogens is 1. The molecule has 0 atom stereocenters. The highest BCUT2D eigenvalue weighted by atomic mass is 79.9. The number of pyridine rings is 1. The molecule has 0 aromatic carbocycles. The molecule has 1 aromatic rings. The maximum atomic E-state index is 12.6. The molecule has 0 aliphatic rings. The zero-order chi connectivity index (χ0) is 14.8. The van der Waals surface area contributed by atoms with Crippen LogP contribution < -0.4 is 4.74 Å². The van der Waals surface area contributed by atoms with Crippen LogP contribution in [0.25, 0.3) is 0 Å². The molecule has 0 bridgehead atoms. The van der Waals surface area contributed by atoms with Crippen molar-refractivity contribution < 1.29 is 35.9 Å². The summed E-state index contributed by atoms with van der Waals surface area (Å²) in [5, 5.41) is -0.609. The molecule has 0 saturated heterocycles. The summed E-state index contributed by atoms with van der Waals surface area (Å²) in [5.74, 6) is -1.21.